The first-order valence-corrected chi connectivity index (χ1v) is 9.17. The Morgan fingerprint density at radius 2 is 1.44 bits per heavy atom. The van der Waals surface area contributed by atoms with E-state index in [4.69, 9.17) is 9.47 Å². The molecular formula is C24H21NO2. The Morgan fingerprint density at radius 3 is 2.30 bits per heavy atom. The highest BCUT2D eigenvalue weighted by Crippen LogP contribution is 2.24. The summed E-state index contributed by atoms with van der Waals surface area (Å²) >= 11 is 0. The van der Waals surface area contributed by atoms with Gasteiger partial charge in [-0.3, -0.25) is 4.98 Å². The van der Waals surface area contributed by atoms with Crippen molar-refractivity contribution in [3.63, 3.8) is 0 Å². The van der Waals surface area contributed by atoms with Gasteiger partial charge in [0.05, 0.1) is 12.1 Å². The number of aromatic nitrogens is 1. The van der Waals surface area contributed by atoms with Crippen LogP contribution in [0.15, 0.2) is 91.1 Å². The molecular weight excluding hydrogens is 334 g/mol. The van der Waals surface area contributed by atoms with Gasteiger partial charge < -0.3 is 9.47 Å². The van der Waals surface area contributed by atoms with Crippen molar-refractivity contribution in [2.45, 2.75) is 12.8 Å². The number of aryl methyl sites for hydroxylation is 1. The predicted molar refractivity (Wildman–Crippen MR) is 109 cm³/mol. The Morgan fingerprint density at radius 1 is 0.704 bits per heavy atom. The predicted octanol–water partition coefficient (Wildman–Crippen LogP) is 6.04. The molecule has 3 heteroatoms. The van der Waals surface area contributed by atoms with Crippen LogP contribution < -0.4 is 9.47 Å². The van der Waals surface area contributed by atoms with Crippen LogP contribution in [-0.4, -0.2) is 11.6 Å². The third-order valence-electron chi connectivity index (χ3n) is 4.38. The molecule has 0 atom stereocenters. The van der Waals surface area contributed by atoms with Gasteiger partial charge in [0.15, 0.2) is 0 Å². The second-order valence-corrected chi connectivity index (χ2v) is 6.34. The Hall–Kier alpha value is -3.33. The highest BCUT2D eigenvalue weighted by atomic mass is 16.5. The summed E-state index contributed by atoms with van der Waals surface area (Å²) in [6, 6.07) is 28.0. The molecule has 0 aliphatic carbocycles. The van der Waals surface area contributed by atoms with Crippen molar-refractivity contribution in [3.05, 3.63) is 96.7 Å². The van der Waals surface area contributed by atoms with Gasteiger partial charge in [-0.1, -0.05) is 42.5 Å². The Kier molecular flexibility index (Phi) is 5.30. The number of para-hydroxylation sites is 2. The van der Waals surface area contributed by atoms with Gasteiger partial charge in [0.25, 0.3) is 0 Å². The van der Waals surface area contributed by atoms with Gasteiger partial charge in [-0.2, -0.15) is 0 Å². The molecule has 0 fully saturated rings. The molecule has 3 nitrogen and oxygen atoms in total. The van der Waals surface area contributed by atoms with Crippen LogP contribution in [0.3, 0.4) is 0 Å². The van der Waals surface area contributed by atoms with Gasteiger partial charge in [-0.25, -0.2) is 0 Å². The summed E-state index contributed by atoms with van der Waals surface area (Å²) in [7, 11) is 0. The summed E-state index contributed by atoms with van der Waals surface area (Å²) in [5, 5.41) is 1.06. The lowest BCUT2D eigenvalue weighted by molar-refractivity contribution is 0.314. The summed E-state index contributed by atoms with van der Waals surface area (Å²) in [5.41, 5.74) is 2.24. The molecule has 4 rings (SSSR count). The van der Waals surface area contributed by atoms with E-state index >= 15 is 0 Å². The van der Waals surface area contributed by atoms with Crippen LogP contribution >= 0.6 is 0 Å². The van der Waals surface area contributed by atoms with Crippen LogP contribution in [0.2, 0.25) is 0 Å². The lowest BCUT2D eigenvalue weighted by Gasteiger charge is -2.09. The molecule has 4 aromatic rings. The molecule has 0 bridgehead atoms. The van der Waals surface area contributed by atoms with Crippen molar-refractivity contribution in [1.82, 2.24) is 4.98 Å². The van der Waals surface area contributed by atoms with Crippen LogP contribution in [0.4, 0.5) is 0 Å². The number of rotatable bonds is 7. The van der Waals surface area contributed by atoms with Gasteiger partial charge >= 0.3 is 0 Å². The summed E-state index contributed by atoms with van der Waals surface area (Å²) in [6.45, 7) is 0.677. The summed E-state index contributed by atoms with van der Waals surface area (Å²) in [4.78, 5) is 4.36. The molecule has 1 heterocycles. The highest BCUT2D eigenvalue weighted by molar-refractivity contribution is 5.84. The maximum Gasteiger partial charge on any atom is 0.130 e. The fourth-order valence-electron chi connectivity index (χ4n) is 3.00. The van der Waals surface area contributed by atoms with E-state index in [0.717, 1.165) is 41.0 Å². The van der Waals surface area contributed by atoms with Gasteiger partial charge in [-0.05, 0) is 60.9 Å². The fourth-order valence-corrected chi connectivity index (χ4v) is 3.00. The number of nitrogens with zero attached hydrogens (tertiary/aromatic N) is 1. The van der Waals surface area contributed by atoms with Gasteiger partial charge in [-0.15, -0.1) is 0 Å². The molecule has 3 aromatic carbocycles. The minimum absolute atomic E-state index is 0.677. The summed E-state index contributed by atoms with van der Waals surface area (Å²) in [6.07, 6.45) is 3.72. The first-order valence-electron chi connectivity index (χ1n) is 9.17. The van der Waals surface area contributed by atoms with E-state index in [2.05, 4.69) is 17.1 Å². The van der Waals surface area contributed by atoms with Gasteiger partial charge in [0.2, 0.25) is 0 Å². The van der Waals surface area contributed by atoms with Crippen LogP contribution in [-0.2, 0) is 6.42 Å². The Bertz CT molecular complexity index is 992. The van der Waals surface area contributed by atoms with E-state index in [0.29, 0.717) is 6.61 Å². The smallest absolute Gasteiger partial charge is 0.130 e. The molecule has 0 saturated carbocycles. The molecule has 27 heavy (non-hydrogen) atoms. The third-order valence-corrected chi connectivity index (χ3v) is 4.38. The lowest BCUT2D eigenvalue weighted by atomic mass is 10.1. The van der Waals surface area contributed by atoms with E-state index in [1.165, 1.54) is 5.56 Å². The zero-order valence-corrected chi connectivity index (χ0v) is 15.0. The number of hydrogen-bond acceptors (Lipinski definition) is 3. The zero-order valence-electron chi connectivity index (χ0n) is 15.0. The molecule has 0 radical (unpaired) electrons. The van der Waals surface area contributed by atoms with Crippen molar-refractivity contribution in [2.24, 2.45) is 0 Å². The summed E-state index contributed by atoms with van der Waals surface area (Å²) in [5.74, 6) is 2.60. The molecule has 0 saturated heterocycles. The second kappa shape index (κ2) is 8.37. The van der Waals surface area contributed by atoms with Crippen LogP contribution in [0, 0.1) is 0 Å². The minimum Gasteiger partial charge on any atom is -0.493 e. The number of ether oxygens (including phenoxy) is 2. The average Bonchev–Trinajstić information content (AvgIpc) is 2.73. The standard InChI is InChI=1S/C24H21NO2/c1-2-8-20(9-3-1)27-21-14-12-19(13-15-21)7-6-18-26-24-16-17-25-23-11-5-4-10-22(23)24/h1-5,8-17H,6-7,18H2. The topological polar surface area (TPSA) is 31.4 Å². The van der Waals surface area contributed by atoms with E-state index in [-0.39, 0.29) is 0 Å². The monoisotopic (exact) mass is 355 g/mol. The number of hydrogen-bond donors (Lipinski definition) is 0. The second-order valence-electron chi connectivity index (χ2n) is 6.34. The van der Waals surface area contributed by atoms with E-state index in [9.17, 15) is 0 Å². The first kappa shape index (κ1) is 17.1. The van der Waals surface area contributed by atoms with Crippen LogP contribution in [0.1, 0.15) is 12.0 Å². The van der Waals surface area contributed by atoms with E-state index in [1.54, 1.807) is 6.20 Å². The molecule has 134 valence electrons. The summed E-state index contributed by atoms with van der Waals surface area (Å²) < 4.78 is 11.8. The molecule has 0 amide bonds. The molecule has 0 aliphatic heterocycles. The molecule has 0 N–H and O–H groups in total. The molecule has 1 aromatic heterocycles. The van der Waals surface area contributed by atoms with E-state index < -0.39 is 0 Å². The van der Waals surface area contributed by atoms with Crippen LogP contribution in [0.25, 0.3) is 10.9 Å². The lowest BCUT2D eigenvalue weighted by Crippen LogP contribution is -2.00. The minimum atomic E-state index is 0.677. The van der Waals surface area contributed by atoms with Crippen molar-refractivity contribution >= 4 is 10.9 Å². The Labute approximate surface area is 159 Å². The number of fused-ring (bicyclic) bond motifs is 1. The van der Waals surface area contributed by atoms with Crippen LogP contribution in [0.5, 0.6) is 17.2 Å². The van der Waals surface area contributed by atoms with Gasteiger partial charge in [0, 0.05) is 11.6 Å². The first-order chi connectivity index (χ1) is 13.4. The maximum atomic E-state index is 5.98. The largest absolute Gasteiger partial charge is 0.493 e. The number of benzene rings is 3. The Balaban J connectivity index is 1.29. The van der Waals surface area contributed by atoms with Crippen molar-refractivity contribution < 1.29 is 9.47 Å². The fraction of sp³-hybridized carbons (Fsp3) is 0.125. The normalized spacial score (nSPS) is 10.7. The highest BCUT2D eigenvalue weighted by Gasteiger charge is 2.03. The number of pyridine rings is 1. The third kappa shape index (κ3) is 4.45. The maximum absolute atomic E-state index is 5.98. The van der Waals surface area contributed by atoms with Crippen molar-refractivity contribution in [1.29, 1.82) is 0 Å². The van der Waals surface area contributed by atoms with Crippen molar-refractivity contribution in [2.75, 3.05) is 6.61 Å². The zero-order chi connectivity index (χ0) is 18.3. The molecule has 0 unspecified atom stereocenters. The van der Waals surface area contributed by atoms with Gasteiger partial charge in [0.1, 0.15) is 17.2 Å². The molecule has 0 aliphatic rings. The SMILES string of the molecule is c1ccc(Oc2ccc(CCCOc3ccnc4ccccc34)cc2)cc1. The van der Waals surface area contributed by atoms with Crippen molar-refractivity contribution in [3.8, 4) is 17.2 Å². The molecule has 0 spiro atoms. The quantitative estimate of drug-likeness (QED) is 0.379. The average molecular weight is 355 g/mol. The van der Waals surface area contributed by atoms with E-state index in [1.807, 2.05) is 72.8 Å².